The Morgan fingerprint density at radius 3 is 2.95 bits per heavy atom. The molecule has 2 rings (SSSR count). The highest BCUT2D eigenvalue weighted by molar-refractivity contribution is 5.93. The van der Waals surface area contributed by atoms with Crippen LogP contribution in [0.15, 0.2) is 47.7 Å². The van der Waals surface area contributed by atoms with E-state index in [0.29, 0.717) is 12.1 Å². The Balaban J connectivity index is 1.61. The van der Waals surface area contributed by atoms with Crippen LogP contribution in [-0.2, 0) is 6.54 Å². The third kappa shape index (κ3) is 5.19. The lowest BCUT2D eigenvalue weighted by molar-refractivity contribution is 0.0953. The van der Waals surface area contributed by atoms with Gasteiger partial charge in [0.25, 0.3) is 5.91 Å². The Bertz CT molecular complexity index is 625. The van der Waals surface area contributed by atoms with Crippen molar-refractivity contribution in [2.24, 2.45) is 0 Å². The summed E-state index contributed by atoms with van der Waals surface area (Å²) in [5, 5.41) is 6.06. The van der Waals surface area contributed by atoms with Gasteiger partial charge in [-0.2, -0.15) is 0 Å². The predicted octanol–water partition coefficient (Wildman–Crippen LogP) is 0.680. The van der Waals surface area contributed by atoms with Gasteiger partial charge in [-0.1, -0.05) is 6.07 Å². The first-order valence-corrected chi connectivity index (χ1v) is 6.82. The van der Waals surface area contributed by atoms with Crippen molar-refractivity contribution >= 4 is 5.91 Å². The number of rotatable bonds is 7. The van der Waals surface area contributed by atoms with Gasteiger partial charge >= 0.3 is 0 Å². The number of nitrogens with zero attached hydrogens (tertiary/aromatic N) is 1. The first-order chi connectivity index (χ1) is 10.3. The van der Waals surface area contributed by atoms with Crippen LogP contribution in [0.25, 0.3) is 0 Å². The molecule has 0 fully saturated rings. The second kappa shape index (κ2) is 7.96. The summed E-state index contributed by atoms with van der Waals surface area (Å²) in [7, 11) is 0. The molecule has 0 saturated carbocycles. The standard InChI is InChI=1S/C15H18N4O2/c20-14-9-13(4-8-18-14)15(21)19-7-2-6-17-11-12-3-1-5-16-10-12/h1,3-5,8-10,17H,2,6-7,11H2,(H,18,20)(H,19,21). The molecular formula is C15H18N4O2. The van der Waals surface area contributed by atoms with E-state index in [4.69, 9.17) is 0 Å². The first kappa shape index (κ1) is 14.9. The molecule has 2 heterocycles. The molecule has 0 aliphatic rings. The number of carbonyl (C=O) groups excluding carboxylic acids is 1. The molecule has 3 N–H and O–H groups in total. The first-order valence-electron chi connectivity index (χ1n) is 6.82. The zero-order valence-corrected chi connectivity index (χ0v) is 11.6. The summed E-state index contributed by atoms with van der Waals surface area (Å²) >= 11 is 0. The van der Waals surface area contributed by atoms with Crippen molar-refractivity contribution in [3.8, 4) is 0 Å². The van der Waals surface area contributed by atoms with Crippen LogP contribution in [0, 0.1) is 0 Å². The van der Waals surface area contributed by atoms with E-state index in [9.17, 15) is 9.59 Å². The summed E-state index contributed by atoms with van der Waals surface area (Å²) < 4.78 is 0. The monoisotopic (exact) mass is 286 g/mol. The summed E-state index contributed by atoms with van der Waals surface area (Å²) in [6.45, 7) is 2.12. The highest BCUT2D eigenvalue weighted by Gasteiger charge is 2.04. The van der Waals surface area contributed by atoms with E-state index in [1.807, 2.05) is 18.3 Å². The third-order valence-electron chi connectivity index (χ3n) is 2.91. The van der Waals surface area contributed by atoms with Crippen molar-refractivity contribution in [1.29, 1.82) is 0 Å². The smallest absolute Gasteiger partial charge is 0.251 e. The third-order valence-corrected chi connectivity index (χ3v) is 2.91. The van der Waals surface area contributed by atoms with E-state index in [1.165, 1.54) is 12.3 Å². The molecule has 2 aromatic rings. The van der Waals surface area contributed by atoms with Crippen molar-refractivity contribution in [2.45, 2.75) is 13.0 Å². The fourth-order valence-corrected chi connectivity index (χ4v) is 1.84. The van der Waals surface area contributed by atoms with E-state index < -0.39 is 0 Å². The molecule has 110 valence electrons. The van der Waals surface area contributed by atoms with Crippen LogP contribution in [0.2, 0.25) is 0 Å². The number of carbonyl (C=O) groups is 1. The number of aromatic amines is 1. The van der Waals surface area contributed by atoms with E-state index in [-0.39, 0.29) is 11.5 Å². The lowest BCUT2D eigenvalue weighted by Gasteiger charge is -2.06. The minimum absolute atomic E-state index is 0.228. The zero-order chi connectivity index (χ0) is 14.9. The second-order valence-corrected chi connectivity index (χ2v) is 4.59. The number of hydrogen-bond donors (Lipinski definition) is 3. The van der Waals surface area contributed by atoms with Gasteiger partial charge in [-0.15, -0.1) is 0 Å². The molecule has 0 radical (unpaired) electrons. The highest BCUT2D eigenvalue weighted by atomic mass is 16.2. The maximum atomic E-state index is 11.8. The van der Waals surface area contributed by atoms with E-state index in [2.05, 4.69) is 20.6 Å². The van der Waals surface area contributed by atoms with Gasteiger partial charge in [0.1, 0.15) is 0 Å². The molecule has 0 atom stereocenters. The number of nitrogens with one attached hydrogen (secondary N) is 3. The van der Waals surface area contributed by atoms with Gasteiger partial charge in [-0.3, -0.25) is 14.6 Å². The van der Waals surface area contributed by atoms with Crippen molar-refractivity contribution < 1.29 is 4.79 Å². The lowest BCUT2D eigenvalue weighted by atomic mass is 10.2. The molecular weight excluding hydrogens is 268 g/mol. The normalized spacial score (nSPS) is 10.3. The van der Waals surface area contributed by atoms with Crippen LogP contribution in [0.1, 0.15) is 22.3 Å². The Hall–Kier alpha value is -2.47. The van der Waals surface area contributed by atoms with Crippen LogP contribution in [0.5, 0.6) is 0 Å². The van der Waals surface area contributed by atoms with Crippen molar-refractivity contribution in [3.63, 3.8) is 0 Å². The quantitative estimate of drug-likeness (QED) is 0.653. The van der Waals surface area contributed by atoms with Crippen LogP contribution in [0.4, 0.5) is 0 Å². The number of hydrogen-bond acceptors (Lipinski definition) is 4. The fourth-order valence-electron chi connectivity index (χ4n) is 1.84. The summed E-state index contributed by atoms with van der Waals surface area (Å²) in [4.78, 5) is 29.4. The fraction of sp³-hybridized carbons (Fsp3) is 0.267. The topological polar surface area (TPSA) is 86.9 Å². The highest BCUT2D eigenvalue weighted by Crippen LogP contribution is 1.94. The van der Waals surface area contributed by atoms with Crippen LogP contribution in [-0.4, -0.2) is 29.0 Å². The van der Waals surface area contributed by atoms with Crippen LogP contribution >= 0.6 is 0 Å². The average Bonchev–Trinajstić information content (AvgIpc) is 2.51. The number of H-pyrrole nitrogens is 1. The molecule has 0 unspecified atom stereocenters. The average molecular weight is 286 g/mol. The summed E-state index contributed by atoms with van der Waals surface area (Å²) in [5.41, 5.74) is 1.23. The number of aromatic nitrogens is 2. The molecule has 0 aromatic carbocycles. The van der Waals surface area contributed by atoms with Gasteiger partial charge in [0.05, 0.1) is 0 Å². The molecule has 0 saturated heterocycles. The second-order valence-electron chi connectivity index (χ2n) is 4.59. The predicted molar refractivity (Wildman–Crippen MR) is 80.0 cm³/mol. The lowest BCUT2D eigenvalue weighted by Crippen LogP contribution is -2.28. The summed E-state index contributed by atoms with van der Waals surface area (Å²) in [6.07, 6.45) is 5.84. The van der Waals surface area contributed by atoms with Gasteiger partial charge in [0.2, 0.25) is 5.56 Å². The van der Waals surface area contributed by atoms with E-state index in [1.54, 1.807) is 12.3 Å². The number of pyridine rings is 2. The van der Waals surface area contributed by atoms with Gasteiger partial charge in [-0.25, -0.2) is 0 Å². The maximum Gasteiger partial charge on any atom is 0.251 e. The molecule has 2 aromatic heterocycles. The molecule has 21 heavy (non-hydrogen) atoms. The molecule has 0 aliphatic carbocycles. The maximum absolute atomic E-state index is 11.8. The van der Waals surface area contributed by atoms with Gasteiger partial charge in [0.15, 0.2) is 0 Å². The molecule has 0 bridgehead atoms. The molecule has 0 aliphatic heterocycles. The van der Waals surface area contributed by atoms with Gasteiger partial charge < -0.3 is 15.6 Å². The van der Waals surface area contributed by atoms with Crippen molar-refractivity contribution in [1.82, 2.24) is 20.6 Å². The van der Waals surface area contributed by atoms with Gasteiger partial charge in [0, 0.05) is 43.3 Å². The van der Waals surface area contributed by atoms with Crippen LogP contribution in [0.3, 0.4) is 0 Å². The SMILES string of the molecule is O=C(NCCCNCc1cccnc1)c1cc[nH]c(=O)c1. The van der Waals surface area contributed by atoms with Crippen LogP contribution < -0.4 is 16.2 Å². The zero-order valence-electron chi connectivity index (χ0n) is 11.6. The Labute approximate surface area is 122 Å². The Morgan fingerprint density at radius 1 is 1.29 bits per heavy atom. The molecule has 1 amide bonds. The van der Waals surface area contributed by atoms with E-state index >= 15 is 0 Å². The Morgan fingerprint density at radius 2 is 2.19 bits per heavy atom. The minimum Gasteiger partial charge on any atom is -0.352 e. The molecule has 6 heteroatoms. The van der Waals surface area contributed by atoms with Crippen molar-refractivity contribution in [2.75, 3.05) is 13.1 Å². The summed E-state index contributed by atoms with van der Waals surface area (Å²) in [5.74, 6) is -0.228. The minimum atomic E-state index is -0.277. The van der Waals surface area contributed by atoms with E-state index in [0.717, 1.165) is 25.1 Å². The van der Waals surface area contributed by atoms with Gasteiger partial charge in [-0.05, 0) is 30.7 Å². The Kier molecular flexibility index (Phi) is 5.66. The summed E-state index contributed by atoms with van der Waals surface area (Å²) in [6, 6.07) is 6.78. The molecule has 0 spiro atoms. The van der Waals surface area contributed by atoms with Crippen molar-refractivity contribution in [3.05, 3.63) is 64.3 Å². The molecule has 6 nitrogen and oxygen atoms in total. The largest absolute Gasteiger partial charge is 0.352 e. The number of amides is 1.